The van der Waals surface area contributed by atoms with Gasteiger partial charge in [0.15, 0.2) is 9.84 Å². The molecular formula is C12H23N3O3S. The SMILES string of the molecule is CCNC1(C(N)=O)CCC(N2CCS(=O)(=O)CC2)C1. The molecule has 2 atom stereocenters. The van der Waals surface area contributed by atoms with E-state index in [1.165, 1.54) is 0 Å². The van der Waals surface area contributed by atoms with Crippen molar-refractivity contribution in [2.45, 2.75) is 37.8 Å². The molecule has 6 nitrogen and oxygen atoms in total. The van der Waals surface area contributed by atoms with Crippen LogP contribution in [0.2, 0.25) is 0 Å². The highest BCUT2D eigenvalue weighted by Gasteiger charge is 2.45. The van der Waals surface area contributed by atoms with Crippen LogP contribution in [0.25, 0.3) is 0 Å². The number of carbonyl (C=O) groups is 1. The summed E-state index contributed by atoms with van der Waals surface area (Å²) in [5, 5.41) is 3.22. The quantitative estimate of drug-likeness (QED) is 0.700. The van der Waals surface area contributed by atoms with E-state index in [4.69, 9.17) is 5.73 Å². The van der Waals surface area contributed by atoms with Gasteiger partial charge in [-0.15, -0.1) is 0 Å². The molecule has 19 heavy (non-hydrogen) atoms. The van der Waals surface area contributed by atoms with E-state index >= 15 is 0 Å². The first-order chi connectivity index (χ1) is 8.88. The van der Waals surface area contributed by atoms with Crippen LogP contribution >= 0.6 is 0 Å². The molecule has 1 saturated carbocycles. The highest BCUT2D eigenvalue weighted by atomic mass is 32.2. The molecule has 1 amide bonds. The predicted octanol–water partition coefficient (Wildman–Crippen LogP) is -0.897. The minimum Gasteiger partial charge on any atom is -0.368 e. The Balaban J connectivity index is 2.00. The number of primary amides is 1. The number of nitrogens with zero attached hydrogens (tertiary/aromatic N) is 1. The number of sulfone groups is 1. The lowest BCUT2D eigenvalue weighted by molar-refractivity contribution is -0.124. The van der Waals surface area contributed by atoms with Gasteiger partial charge in [-0.1, -0.05) is 6.92 Å². The number of likely N-dealkylation sites (N-methyl/N-ethyl adjacent to an activating group) is 1. The van der Waals surface area contributed by atoms with E-state index in [1.807, 2.05) is 6.92 Å². The van der Waals surface area contributed by atoms with Crippen molar-refractivity contribution in [1.82, 2.24) is 10.2 Å². The first-order valence-corrected chi connectivity index (χ1v) is 8.70. The van der Waals surface area contributed by atoms with Gasteiger partial charge in [0.25, 0.3) is 0 Å². The third-order valence-electron chi connectivity index (χ3n) is 4.37. The summed E-state index contributed by atoms with van der Waals surface area (Å²) in [5.41, 5.74) is 4.94. The summed E-state index contributed by atoms with van der Waals surface area (Å²) in [7, 11) is -2.85. The molecule has 0 spiro atoms. The van der Waals surface area contributed by atoms with Gasteiger partial charge in [-0.05, 0) is 25.8 Å². The van der Waals surface area contributed by atoms with Crippen LogP contribution in [0, 0.1) is 0 Å². The Morgan fingerprint density at radius 3 is 2.58 bits per heavy atom. The van der Waals surface area contributed by atoms with E-state index in [0.717, 1.165) is 12.8 Å². The summed E-state index contributed by atoms with van der Waals surface area (Å²) in [5.74, 6) is 0.171. The highest BCUT2D eigenvalue weighted by Crippen LogP contribution is 2.33. The van der Waals surface area contributed by atoms with Gasteiger partial charge in [-0.3, -0.25) is 9.69 Å². The van der Waals surface area contributed by atoms with E-state index < -0.39 is 15.4 Å². The second-order valence-electron chi connectivity index (χ2n) is 5.56. The number of nitrogens with two attached hydrogens (primary N) is 1. The van der Waals surface area contributed by atoms with Crippen LogP contribution in [0.15, 0.2) is 0 Å². The van der Waals surface area contributed by atoms with Crippen LogP contribution in [0.1, 0.15) is 26.2 Å². The Hall–Kier alpha value is -0.660. The van der Waals surface area contributed by atoms with Crippen molar-refractivity contribution < 1.29 is 13.2 Å². The zero-order valence-corrected chi connectivity index (χ0v) is 12.2. The van der Waals surface area contributed by atoms with Crippen molar-refractivity contribution in [3.63, 3.8) is 0 Å². The Labute approximate surface area is 114 Å². The van der Waals surface area contributed by atoms with Crippen LogP contribution in [0.4, 0.5) is 0 Å². The average molecular weight is 289 g/mol. The summed E-state index contributed by atoms with van der Waals surface area (Å²) < 4.78 is 22.9. The maximum Gasteiger partial charge on any atom is 0.237 e. The zero-order chi connectivity index (χ0) is 14.1. The lowest BCUT2D eigenvalue weighted by Gasteiger charge is -2.33. The fraction of sp³-hybridized carbons (Fsp3) is 0.917. The molecule has 2 aliphatic rings. The number of hydrogen-bond donors (Lipinski definition) is 2. The molecule has 2 fully saturated rings. The van der Waals surface area contributed by atoms with Gasteiger partial charge in [0.05, 0.1) is 17.0 Å². The number of nitrogens with one attached hydrogen (secondary N) is 1. The first-order valence-electron chi connectivity index (χ1n) is 6.88. The van der Waals surface area contributed by atoms with Gasteiger partial charge in [0.2, 0.25) is 5.91 Å². The van der Waals surface area contributed by atoms with Crippen molar-refractivity contribution in [2.24, 2.45) is 5.73 Å². The molecule has 1 aliphatic carbocycles. The molecule has 1 aliphatic heterocycles. The number of amides is 1. The molecule has 2 rings (SSSR count). The normalized spacial score (nSPS) is 35.3. The fourth-order valence-electron chi connectivity index (χ4n) is 3.23. The van der Waals surface area contributed by atoms with Gasteiger partial charge < -0.3 is 11.1 Å². The van der Waals surface area contributed by atoms with Crippen molar-refractivity contribution in [1.29, 1.82) is 0 Å². The number of rotatable bonds is 4. The molecule has 1 heterocycles. The molecule has 1 saturated heterocycles. The number of hydrogen-bond acceptors (Lipinski definition) is 5. The van der Waals surface area contributed by atoms with E-state index in [9.17, 15) is 13.2 Å². The Kier molecular flexibility index (Phi) is 4.17. The summed E-state index contributed by atoms with van der Waals surface area (Å²) >= 11 is 0. The van der Waals surface area contributed by atoms with Crippen molar-refractivity contribution in [2.75, 3.05) is 31.1 Å². The Bertz CT molecular complexity index is 437. The minimum absolute atomic E-state index is 0.230. The third-order valence-corrected chi connectivity index (χ3v) is 5.98. The van der Waals surface area contributed by atoms with E-state index in [0.29, 0.717) is 26.1 Å². The fourth-order valence-corrected chi connectivity index (χ4v) is 4.46. The number of carbonyl (C=O) groups excluding carboxylic acids is 1. The van der Waals surface area contributed by atoms with Gasteiger partial charge in [-0.2, -0.15) is 0 Å². The molecular weight excluding hydrogens is 266 g/mol. The molecule has 7 heteroatoms. The van der Waals surface area contributed by atoms with E-state index in [2.05, 4.69) is 10.2 Å². The molecule has 0 radical (unpaired) electrons. The average Bonchev–Trinajstić information content (AvgIpc) is 2.75. The van der Waals surface area contributed by atoms with Gasteiger partial charge in [0.1, 0.15) is 0 Å². The summed E-state index contributed by atoms with van der Waals surface area (Å²) in [6.07, 6.45) is 2.33. The molecule has 3 N–H and O–H groups in total. The zero-order valence-electron chi connectivity index (χ0n) is 11.4. The molecule has 0 aromatic heterocycles. The molecule has 0 aromatic rings. The first kappa shape index (κ1) is 14.7. The van der Waals surface area contributed by atoms with Crippen molar-refractivity contribution in [3.05, 3.63) is 0 Å². The maximum atomic E-state index is 11.7. The van der Waals surface area contributed by atoms with Gasteiger partial charge in [0, 0.05) is 19.1 Å². The highest BCUT2D eigenvalue weighted by molar-refractivity contribution is 7.91. The smallest absolute Gasteiger partial charge is 0.237 e. The summed E-state index contributed by atoms with van der Waals surface area (Å²) in [6, 6.07) is 0.266. The minimum atomic E-state index is -2.85. The second kappa shape index (κ2) is 5.38. The van der Waals surface area contributed by atoms with Crippen LogP contribution in [0.5, 0.6) is 0 Å². The molecule has 0 bridgehead atoms. The maximum absolute atomic E-state index is 11.7. The lowest BCUT2D eigenvalue weighted by Crippen LogP contribution is -2.55. The molecule has 0 aromatic carbocycles. The third kappa shape index (κ3) is 3.09. The van der Waals surface area contributed by atoms with Crippen LogP contribution in [0.3, 0.4) is 0 Å². The monoisotopic (exact) mass is 289 g/mol. The molecule has 2 unspecified atom stereocenters. The standard InChI is InChI=1S/C12H23N3O3S/c1-2-14-12(11(13)16)4-3-10(9-12)15-5-7-19(17,18)8-6-15/h10,14H,2-9H2,1H3,(H2,13,16). The largest absolute Gasteiger partial charge is 0.368 e. The Morgan fingerprint density at radius 2 is 2.05 bits per heavy atom. The van der Waals surface area contributed by atoms with Gasteiger partial charge in [-0.25, -0.2) is 8.42 Å². The van der Waals surface area contributed by atoms with E-state index in [1.54, 1.807) is 0 Å². The van der Waals surface area contributed by atoms with Crippen LogP contribution in [-0.2, 0) is 14.6 Å². The predicted molar refractivity (Wildman–Crippen MR) is 73.5 cm³/mol. The summed E-state index contributed by atoms with van der Waals surface area (Å²) in [4.78, 5) is 13.9. The topological polar surface area (TPSA) is 92.5 Å². The van der Waals surface area contributed by atoms with Gasteiger partial charge >= 0.3 is 0 Å². The van der Waals surface area contributed by atoms with E-state index in [-0.39, 0.29) is 23.5 Å². The van der Waals surface area contributed by atoms with Crippen LogP contribution < -0.4 is 11.1 Å². The Morgan fingerprint density at radius 1 is 1.42 bits per heavy atom. The summed E-state index contributed by atoms with van der Waals surface area (Å²) in [6.45, 7) is 3.83. The van der Waals surface area contributed by atoms with Crippen molar-refractivity contribution >= 4 is 15.7 Å². The lowest BCUT2D eigenvalue weighted by atomic mass is 9.96. The second-order valence-corrected chi connectivity index (χ2v) is 7.86. The van der Waals surface area contributed by atoms with Crippen LogP contribution in [-0.4, -0.2) is 61.9 Å². The molecule has 110 valence electrons. The van der Waals surface area contributed by atoms with Crippen molar-refractivity contribution in [3.8, 4) is 0 Å².